The highest BCUT2D eigenvalue weighted by Crippen LogP contribution is 2.25. The van der Waals surface area contributed by atoms with Crippen molar-refractivity contribution in [1.82, 2.24) is 15.2 Å². The minimum atomic E-state index is -3.99. The summed E-state index contributed by atoms with van der Waals surface area (Å²) in [5.74, 6) is -1.25. The Morgan fingerprint density at radius 2 is 2.00 bits per heavy atom. The van der Waals surface area contributed by atoms with Crippen LogP contribution in [-0.4, -0.2) is 34.7 Å². The maximum Gasteiger partial charge on any atom is 0.352 e. The van der Waals surface area contributed by atoms with Crippen molar-refractivity contribution in [1.29, 1.82) is 0 Å². The van der Waals surface area contributed by atoms with Gasteiger partial charge in [-0.2, -0.15) is 0 Å². The van der Waals surface area contributed by atoms with Gasteiger partial charge in [0.2, 0.25) is 0 Å². The van der Waals surface area contributed by atoms with Gasteiger partial charge in [0, 0.05) is 11.3 Å². The first-order chi connectivity index (χ1) is 9.72. The van der Waals surface area contributed by atoms with Crippen LogP contribution in [0.3, 0.4) is 0 Å². The van der Waals surface area contributed by atoms with E-state index in [0.717, 1.165) is 0 Å². The quantitative estimate of drug-likeness (QED) is 0.781. The number of aromatic carboxylic acids is 1. The number of halogens is 1. The number of hydrogen-bond acceptors (Lipinski definition) is 5. The summed E-state index contributed by atoms with van der Waals surface area (Å²) in [5, 5.41) is 16.2. The van der Waals surface area contributed by atoms with Gasteiger partial charge in [0.25, 0.3) is 10.0 Å². The Bertz CT molecular complexity index is 798. The van der Waals surface area contributed by atoms with Crippen LogP contribution in [0.15, 0.2) is 17.0 Å². The third kappa shape index (κ3) is 2.98. The predicted molar refractivity (Wildman–Crippen MR) is 75.1 cm³/mol. The van der Waals surface area contributed by atoms with Crippen LogP contribution in [0.2, 0.25) is 5.15 Å². The number of H-pyrrole nitrogens is 1. The molecule has 0 amide bonds. The second-order valence-electron chi connectivity index (χ2n) is 4.23. The van der Waals surface area contributed by atoms with Crippen LogP contribution < -0.4 is 4.72 Å². The van der Waals surface area contributed by atoms with Gasteiger partial charge < -0.3 is 10.1 Å². The molecule has 0 unspecified atom stereocenters. The highest BCUT2D eigenvalue weighted by atomic mass is 35.5. The molecule has 0 fully saturated rings. The van der Waals surface area contributed by atoms with Crippen LogP contribution >= 0.6 is 11.6 Å². The third-order valence-electron chi connectivity index (χ3n) is 2.72. The van der Waals surface area contributed by atoms with Gasteiger partial charge >= 0.3 is 5.97 Å². The summed E-state index contributed by atoms with van der Waals surface area (Å²) in [4.78, 5) is 13.4. The van der Waals surface area contributed by atoms with E-state index in [1.165, 1.54) is 26.0 Å². The fourth-order valence-corrected chi connectivity index (χ4v) is 3.46. The van der Waals surface area contributed by atoms with E-state index < -0.39 is 16.0 Å². The number of nitrogens with one attached hydrogen (secondary N) is 2. The van der Waals surface area contributed by atoms with Crippen LogP contribution in [0.25, 0.3) is 0 Å². The lowest BCUT2D eigenvalue weighted by atomic mass is 10.2. The normalized spacial score (nSPS) is 11.4. The Hall–Kier alpha value is -2.13. The van der Waals surface area contributed by atoms with Gasteiger partial charge in [-0.3, -0.25) is 4.72 Å². The Morgan fingerprint density at radius 1 is 1.33 bits per heavy atom. The first kappa shape index (κ1) is 15.3. The number of sulfonamides is 1. The van der Waals surface area contributed by atoms with E-state index in [-0.39, 0.29) is 32.8 Å². The molecule has 3 N–H and O–H groups in total. The fourth-order valence-electron chi connectivity index (χ4n) is 1.91. The molecule has 112 valence electrons. The van der Waals surface area contributed by atoms with Crippen molar-refractivity contribution >= 4 is 33.4 Å². The van der Waals surface area contributed by atoms with Crippen molar-refractivity contribution in [3.05, 3.63) is 34.2 Å². The van der Waals surface area contributed by atoms with Crippen LogP contribution in [0.1, 0.15) is 21.7 Å². The number of anilines is 1. The average molecular weight is 331 g/mol. The molecular formula is C11H11ClN4O4S. The van der Waals surface area contributed by atoms with Crippen LogP contribution in [0.5, 0.6) is 0 Å². The molecule has 0 saturated carbocycles. The van der Waals surface area contributed by atoms with Crippen molar-refractivity contribution < 1.29 is 18.3 Å². The van der Waals surface area contributed by atoms with E-state index in [4.69, 9.17) is 16.7 Å². The number of hydrogen-bond donors (Lipinski definition) is 3. The van der Waals surface area contributed by atoms with Crippen molar-refractivity contribution in [2.75, 3.05) is 4.72 Å². The predicted octanol–water partition coefficient (Wildman–Crippen LogP) is 1.57. The zero-order valence-electron chi connectivity index (χ0n) is 11.0. The molecule has 21 heavy (non-hydrogen) atoms. The highest BCUT2D eigenvalue weighted by molar-refractivity contribution is 7.92. The Kier molecular flexibility index (Phi) is 3.88. The maximum absolute atomic E-state index is 12.3. The second kappa shape index (κ2) is 5.34. The van der Waals surface area contributed by atoms with E-state index >= 15 is 0 Å². The summed E-state index contributed by atoms with van der Waals surface area (Å²) in [5.41, 5.74) is 0.170. The number of carboxylic acids is 1. The third-order valence-corrected chi connectivity index (χ3v) is 4.55. The van der Waals surface area contributed by atoms with Crippen LogP contribution in [0, 0.1) is 13.8 Å². The number of nitrogens with zero attached hydrogens (tertiary/aromatic N) is 2. The lowest BCUT2D eigenvalue weighted by Crippen LogP contribution is -2.16. The molecule has 0 bridgehead atoms. The fraction of sp³-hybridized carbons (Fsp3) is 0.182. The molecule has 10 heteroatoms. The van der Waals surface area contributed by atoms with E-state index in [9.17, 15) is 13.2 Å². The number of aromatic amines is 1. The summed E-state index contributed by atoms with van der Waals surface area (Å²) in [6.45, 7) is 2.89. The lowest BCUT2D eigenvalue weighted by molar-refractivity contribution is 0.0690. The van der Waals surface area contributed by atoms with Gasteiger partial charge in [-0.15, -0.1) is 10.2 Å². The SMILES string of the molecule is Cc1[nH]c(C(=O)O)c(C)c1S(=O)(=O)Nc1ccc(Cl)nn1. The molecule has 0 saturated heterocycles. The second-order valence-corrected chi connectivity index (χ2v) is 6.24. The van der Waals surface area contributed by atoms with E-state index in [2.05, 4.69) is 19.9 Å². The first-order valence-electron chi connectivity index (χ1n) is 5.67. The smallest absolute Gasteiger partial charge is 0.352 e. The number of aryl methyl sites for hydroxylation is 1. The summed E-state index contributed by atoms with van der Waals surface area (Å²) >= 11 is 5.57. The molecule has 0 aromatic carbocycles. The number of carboxylic acid groups (broad SMARTS) is 1. The monoisotopic (exact) mass is 330 g/mol. The van der Waals surface area contributed by atoms with E-state index in [1.807, 2.05) is 0 Å². The van der Waals surface area contributed by atoms with Crippen molar-refractivity contribution in [3.8, 4) is 0 Å². The zero-order chi connectivity index (χ0) is 15.8. The summed E-state index contributed by atoms with van der Waals surface area (Å²) < 4.78 is 26.9. The molecular weight excluding hydrogens is 320 g/mol. The standard InChI is InChI=1S/C11H11ClN4O4S/c1-5-9(11(17)18)13-6(2)10(5)21(19,20)16-8-4-3-7(12)14-15-8/h3-4,13H,1-2H3,(H,15,16)(H,17,18). The number of rotatable bonds is 4. The molecule has 2 aromatic rings. The summed E-state index contributed by atoms with van der Waals surface area (Å²) in [7, 11) is -3.99. The van der Waals surface area contributed by atoms with Crippen LogP contribution in [0.4, 0.5) is 5.82 Å². The number of carbonyl (C=O) groups is 1. The molecule has 8 nitrogen and oxygen atoms in total. The average Bonchev–Trinajstić information content (AvgIpc) is 2.68. The minimum Gasteiger partial charge on any atom is -0.477 e. The largest absolute Gasteiger partial charge is 0.477 e. The Morgan fingerprint density at radius 3 is 2.48 bits per heavy atom. The maximum atomic E-state index is 12.3. The van der Waals surface area contributed by atoms with Gasteiger partial charge in [-0.25, -0.2) is 13.2 Å². The molecule has 2 aromatic heterocycles. The van der Waals surface area contributed by atoms with Gasteiger partial charge in [0.15, 0.2) is 11.0 Å². The van der Waals surface area contributed by atoms with Gasteiger partial charge in [0.05, 0.1) is 0 Å². The van der Waals surface area contributed by atoms with Gasteiger partial charge in [-0.1, -0.05) is 11.6 Å². The number of aromatic nitrogens is 3. The minimum absolute atomic E-state index is 0.0173. The first-order valence-corrected chi connectivity index (χ1v) is 7.53. The summed E-state index contributed by atoms with van der Waals surface area (Å²) in [6, 6.07) is 2.73. The zero-order valence-corrected chi connectivity index (χ0v) is 12.6. The van der Waals surface area contributed by atoms with Crippen molar-refractivity contribution in [2.45, 2.75) is 18.7 Å². The molecule has 2 heterocycles. The van der Waals surface area contributed by atoms with Crippen LogP contribution in [-0.2, 0) is 10.0 Å². The molecule has 0 aliphatic rings. The topological polar surface area (TPSA) is 125 Å². The lowest BCUT2D eigenvalue weighted by Gasteiger charge is -2.07. The molecule has 2 rings (SSSR count). The van der Waals surface area contributed by atoms with E-state index in [0.29, 0.717) is 0 Å². The molecule has 0 aliphatic heterocycles. The van der Waals surface area contributed by atoms with Gasteiger partial charge in [0.1, 0.15) is 10.6 Å². The molecule has 0 spiro atoms. The Labute approximate surface area is 125 Å². The summed E-state index contributed by atoms with van der Waals surface area (Å²) in [6.07, 6.45) is 0. The molecule has 0 radical (unpaired) electrons. The highest BCUT2D eigenvalue weighted by Gasteiger charge is 2.26. The molecule has 0 atom stereocenters. The van der Waals surface area contributed by atoms with Crippen molar-refractivity contribution in [3.63, 3.8) is 0 Å². The van der Waals surface area contributed by atoms with Crippen molar-refractivity contribution in [2.24, 2.45) is 0 Å². The Balaban J connectivity index is 2.45. The van der Waals surface area contributed by atoms with E-state index in [1.54, 1.807) is 0 Å². The molecule has 0 aliphatic carbocycles. The van der Waals surface area contributed by atoms with Gasteiger partial charge in [-0.05, 0) is 26.0 Å².